The summed E-state index contributed by atoms with van der Waals surface area (Å²) in [7, 11) is 0. The molecule has 100 valence electrons. The van der Waals surface area contributed by atoms with Crippen molar-refractivity contribution in [3.63, 3.8) is 0 Å². The lowest BCUT2D eigenvalue weighted by molar-refractivity contribution is -0.137. The second kappa shape index (κ2) is 4.90. The van der Waals surface area contributed by atoms with Crippen molar-refractivity contribution in [3.8, 4) is 0 Å². The molecule has 0 saturated carbocycles. The van der Waals surface area contributed by atoms with E-state index in [2.05, 4.69) is 0 Å². The molecule has 0 amide bonds. The lowest BCUT2D eigenvalue weighted by Gasteiger charge is -2.23. The van der Waals surface area contributed by atoms with E-state index in [1.807, 2.05) is 6.92 Å². The van der Waals surface area contributed by atoms with Crippen LogP contribution >= 0.6 is 0 Å². The molecular formula is C13H16F3NO. The average molecular weight is 259 g/mol. The maximum Gasteiger partial charge on any atom is 0.416 e. The second-order valence-electron chi connectivity index (χ2n) is 4.75. The summed E-state index contributed by atoms with van der Waals surface area (Å²) in [6.45, 7) is 2.71. The number of ether oxygens (including phenoxy) is 1. The third-order valence-electron chi connectivity index (χ3n) is 3.42. The monoisotopic (exact) mass is 259 g/mol. The summed E-state index contributed by atoms with van der Waals surface area (Å²) in [6, 6.07) is 4.62. The van der Waals surface area contributed by atoms with Gasteiger partial charge in [-0.2, -0.15) is 13.2 Å². The molecule has 1 aliphatic heterocycles. The smallest absolute Gasteiger partial charge is 0.376 e. The van der Waals surface area contributed by atoms with E-state index in [-0.39, 0.29) is 12.1 Å². The largest absolute Gasteiger partial charge is 0.416 e. The summed E-state index contributed by atoms with van der Waals surface area (Å²) in [5.74, 6) is 0.335. The van der Waals surface area contributed by atoms with Crippen molar-refractivity contribution in [1.29, 1.82) is 0 Å². The number of hydrogen-bond acceptors (Lipinski definition) is 2. The summed E-state index contributed by atoms with van der Waals surface area (Å²) in [4.78, 5) is 0. The molecule has 5 heteroatoms. The maximum atomic E-state index is 12.4. The Morgan fingerprint density at radius 1 is 1.28 bits per heavy atom. The minimum absolute atomic E-state index is 0.110. The van der Waals surface area contributed by atoms with Crippen molar-refractivity contribution in [1.82, 2.24) is 0 Å². The van der Waals surface area contributed by atoms with Crippen LogP contribution in [-0.2, 0) is 10.9 Å². The minimum atomic E-state index is -4.31. The molecular weight excluding hydrogens is 243 g/mol. The molecule has 1 saturated heterocycles. The molecule has 2 rings (SSSR count). The van der Waals surface area contributed by atoms with Gasteiger partial charge >= 0.3 is 6.18 Å². The average Bonchev–Trinajstić information content (AvgIpc) is 2.73. The number of rotatable bonds is 2. The standard InChI is InChI=1S/C13H16F3NO/c1-8-6-7-18-12(8)11(17)9-2-4-10(5-3-9)13(14,15)16/h2-5,8,11-12H,6-7,17H2,1H3. The van der Waals surface area contributed by atoms with Gasteiger partial charge in [-0.05, 0) is 30.0 Å². The first kappa shape index (κ1) is 13.4. The Balaban J connectivity index is 2.14. The molecule has 1 fully saturated rings. The number of halogens is 3. The molecule has 3 atom stereocenters. The molecule has 1 aromatic rings. The van der Waals surface area contributed by atoms with E-state index >= 15 is 0 Å². The zero-order chi connectivity index (χ0) is 13.3. The predicted molar refractivity (Wildman–Crippen MR) is 61.9 cm³/mol. The highest BCUT2D eigenvalue weighted by molar-refractivity contribution is 5.27. The van der Waals surface area contributed by atoms with E-state index in [0.717, 1.165) is 18.6 Å². The Morgan fingerprint density at radius 2 is 1.89 bits per heavy atom. The molecule has 18 heavy (non-hydrogen) atoms. The van der Waals surface area contributed by atoms with E-state index in [9.17, 15) is 13.2 Å². The van der Waals surface area contributed by atoms with Gasteiger partial charge in [0, 0.05) is 6.61 Å². The van der Waals surface area contributed by atoms with Crippen LogP contribution in [0.2, 0.25) is 0 Å². The Morgan fingerprint density at radius 3 is 2.33 bits per heavy atom. The van der Waals surface area contributed by atoms with Crippen molar-refractivity contribution in [3.05, 3.63) is 35.4 Å². The van der Waals surface area contributed by atoms with Crippen LogP contribution < -0.4 is 5.73 Å². The normalized spacial score (nSPS) is 26.3. The summed E-state index contributed by atoms with van der Waals surface area (Å²) in [5, 5.41) is 0. The number of hydrogen-bond donors (Lipinski definition) is 1. The fourth-order valence-corrected chi connectivity index (χ4v) is 2.26. The predicted octanol–water partition coefficient (Wildman–Crippen LogP) is 3.13. The van der Waals surface area contributed by atoms with Crippen molar-refractivity contribution < 1.29 is 17.9 Å². The van der Waals surface area contributed by atoms with Gasteiger partial charge < -0.3 is 10.5 Å². The van der Waals surface area contributed by atoms with E-state index < -0.39 is 11.7 Å². The molecule has 0 spiro atoms. The second-order valence-corrected chi connectivity index (χ2v) is 4.75. The van der Waals surface area contributed by atoms with Crippen LogP contribution in [0.4, 0.5) is 13.2 Å². The van der Waals surface area contributed by atoms with Crippen molar-refractivity contribution >= 4 is 0 Å². The molecule has 2 nitrogen and oxygen atoms in total. The van der Waals surface area contributed by atoms with Gasteiger partial charge in [-0.25, -0.2) is 0 Å². The van der Waals surface area contributed by atoms with Gasteiger partial charge in [0.25, 0.3) is 0 Å². The van der Waals surface area contributed by atoms with Crippen molar-refractivity contribution in [2.24, 2.45) is 11.7 Å². The maximum absolute atomic E-state index is 12.4. The quantitative estimate of drug-likeness (QED) is 0.885. The van der Waals surface area contributed by atoms with Crippen molar-refractivity contribution in [2.45, 2.75) is 31.7 Å². The number of benzene rings is 1. The Kier molecular flexibility index (Phi) is 3.64. The highest BCUT2D eigenvalue weighted by Crippen LogP contribution is 2.32. The summed E-state index contributed by atoms with van der Waals surface area (Å²) in [5.41, 5.74) is 6.07. The molecule has 1 aliphatic rings. The van der Waals surface area contributed by atoms with Gasteiger partial charge in [0.05, 0.1) is 17.7 Å². The van der Waals surface area contributed by atoms with E-state index in [0.29, 0.717) is 18.1 Å². The Hall–Kier alpha value is -1.07. The molecule has 0 aromatic heterocycles. The third-order valence-corrected chi connectivity index (χ3v) is 3.42. The molecule has 0 radical (unpaired) electrons. The molecule has 1 heterocycles. The summed E-state index contributed by atoms with van der Waals surface area (Å²) >= 11 is 0. The van der Waals surface area contributed by atoms with Crippen LogP contribution in [0.25, 0.3) is 0 Å². The number of nitrogens with two attached hydrogens (primary N) is 1. The lowest BCUT2D eigenvalue weighted by atomic mass is 9.93. The van der Waals surface area contributed by atoms with Crippen LogP contribution in [0.15, 0.2) is 24.3 Å². The SMILES string of the molecule is CC1CCOC1C(N)c1ccc(C(F)(F)F)cc1. The topological polar surface area (TPSA) is 35.2 Å². The molecule has 3 unspecified atom stereocenters. The van der Waals surface area contributed by atoms with Crippen LogP contribution in [-0.4, -0.2) is 12.7 Å². The van der Waals surface area contributed by atoms with Crippen LogP contribution in [0.3, 0.4) is 0 Å². The van der Waals surface area contributed by atoms with Crippen LogP contribution in [0.1, 0.15) is 30.5 Å². The zero-order valence-corrected chi connectivity index (χ0v) is 10.1. The zero-order valence-electron chi connectivity index (χ0n) is 10.1. The first-order valence-electron chi connectivity index (χ1n) is 5.94. The highest BCUT2D eigenvalue weighted by atomic mass is 19.4. The van der Waals surface area contributed by atoms with Crippen LogP contribution in [0, 0.1) is 5.92 Å². The van der Waals surface area contributed by atoms with Gasteiger partial charge in [-0.15, -0.1) is 0 Å². The van der Waals surface area contributed by atoms with Crippen LogP contribution in [0.5, 0.6) is 0 Å². The Labute approximate surface area is 104 Å². The van der Waals surface area contributed by atoms with E-state index in [1.165, 1.54) is 12.1 Å². The van der Waals surface area contributed by atoms with Gasteiger partial charge in [0.1, 0.15) is 0 Å². The fraction of sp³-hybridized carbons (Fsp3) is 0.538. The highest BCUT2D eigenvalue weighted by Gasteiger charge is 2.33. The first-order chi connectivity index (χ1) is 8.39. The summed E-state index contributed by atoms with van der Waals surface area (Å²) in [6.07, 6.45) is -3.47. The van der Waals surface area contributed by atoms with E-state index in [4.69, 9.17) is 10.5 Å². The fourth-order valence-electron chi connectivity index (χ4n) is 2.26. The molecule has 1 aromatic carbocycles. The summed E-state index contributed by atoms with van der Waals surface area (Å²) < 4.78 is 42.8. The van der Waals surface area contributed by atoms with Gasteiger partial charge in [-0.1, -0.05) is 19.1 Å². The number of alkyl halides is 3. The molecule has 0 bridgehead atoms. The third kappa shape index (κ3) is 2.67. The lowest BCUT2D eigenvalue weighted by Crippen LogP contribution is -2.29. The minimum Gasteiger partial charge on any atom is -0.376 e. The van der Waals surface area contributed by atoms with Gasteiger partial charge in [-0.3, -0.25) is 0 Å². The van der Waals surface area contributed by atoms with Gasteiger partial charge in [0.15, 0.2) is 0 Å². The van der Waals surface area contributed by atoms with E-state index in [1.54, 1.807) is 0 Å². The molecule has 2 N–H and O–H groups in total. The van der Waals surface area contributed by atoms with Crippen molar-refractivity contribution in [2.75, 3.05) is 6.61 Å². The first-order valence-corrected chi connectivity index (χ1v) is 5.94. The van der Waals surface area contributed by atoms with Gasteiger partial charge in [0.2, 0.25) is 0 Å². The molecule has 0 aliphatic carbocycles. The Bertz CT molecular complexity index is 402.